The summed E-state index contributed by atoms with van der Waals surface area (Å²) in [6.07, 6.45) is -3.43. The van der Waals surface area contributed by atoms with Crippen LogP contribution in [-0.2, 0) is 6.18 Å². The average Bonchev–Trinajstić information content (AvgIpc) is 2.54. The lowest BCUT2D eigenvalue weighted by molar-refractivity contribution is -0.139. The fourth-order valence-electron chi connectivity index (χ4n) is 2.62. The molecule has 134 valence electrons. The second-order valence-electron chi connectivity index (χ2n) is 5.53. The number of anilines is 2. The number of nitrogen functional groups attached to an aromatic ring is 2. The molecule has 26 heavy (non-hydrogen) atoms. The molecule has 5 nitrogen and oxygen atoms in total. The number of hydrogen-bond donors (Lipinski definition) is 2. The van der Waals surface area contributed by atoms with Crippen LogP contribution in [0.3, 0.4) is 0 Å². The van der Waals surface area contributed by atoms with Gasteiger partial charge in [0.25, 0.3) is 0 Å². The van der Waals surface area contributed by atoms with Crippen LogP contribution in [-0.4, -0.2) is 15.0 Å². The Labute approximate surface area is 145 Å². The third-order valence-electron chi connectivity index (χ3n) is 3.74. The predicted octanol–water partition coefficient (Wildman–Crippen LogP) is 3.84. The van der Waals surface area contributed by atoms with Gasteiger partial charge in [0.2, 0.25) is 5.95 Å². The minimum absolute atomic E-state index is 0.0508. The molecule has 0 aliphatic rings. The van der Waals surface area contributed by atoms with Crippen molar-refractivity contribution in [2.75, 3.05) is 11.5 Å². The number of hydrogen-bond acceptors (Lipinski definition) is 5. The summed E-state index contributed by atoms with van der Waals surface area (Å²) in [7, 11) is 0. The molecule has 0 radical (unpaired) electrons. The Morgan fingerprint density at radius 3 is 2.35 bits per heavy atom. The van der Waals surface area contributed by atoms with E-state index in [1.807, 2.05) is 0 Å². The standard InChI is InChI=1S/C17H13F4N5/c1-8-13(9-5-6-12(22)24-7-9)15(26-16(23)25-8)10-3-2-4-11(14(10)18)17(19,20)21/h2-7H,1H3,(H2,22,24)(H2,23,25,26). The lowest BCUT2D eigenvalue weighted by Crippen LogP contribution is -2.10. The fourth-order valence-corrected chi connectivity index (χ4v) is 2.62. The first-order chi connectivity index (χ1) is 12.2. The van der Waals surface area contributed by atoms with Crippen molar-refractivity contribution in [3.05, 3.63) is 53.6 Å². The quantitative estimate of drug-likeness (QED) is 0.675. The van der Waals surface area contributed by atoms with E-state index < -0.39 is 17.6 Å². The maximum Gasteiger partial charge on any atom is 0.419 e. The maximum atomic E-state index is 14.6. The summed E-state index contributed by atoms with van der Waals surface area (Å²) >= 11 is 0. The van der Waals surface area contributed by atoms with Gasteiger partial charge < -0.3 is 11.5 Å². The van der Waals surface area contributed by atoms with Crippen LogP contribution < -0.4 is 11.5 Å². The first-order valence-corrected chi connectivity index (χ1v) is 7.40. The topological polar surface area (TPSA) is 90.7 Å². The highest BCUT2D eigenvalue weighted by Crippen LogP contribution is 2.39. The van der Waals surface area contributed by atoms with Gasteiger partial charge in [-0.2, -0.15) is 13.2 Å². The summed E-state index contributed by atoms with van der Waals surface area (Å²) in [5.41, 5.74) is 10.6. The SMILES string of the molecule is Cc1nc(N)nc(-c2cccc(C(F)(F)F)c2F)c1-c1ccc(N)nc1. The van der Waals surface area contributed by atoms with E-state index in [1.54, 1.807) is 13.0 Å². The Morgan fingerprint density at radius 2 is 1.73 bits per heavy atom. The van der Waals surface area contributed by atoms with E-state index in [4.69, 9.17) is 11.5 Å². The summed E-state index contributed by atoms with van der Waals surface area (Å²) < 4.78 is 53.8. The van der Waals surface area contributed by atoms with Crippen LogP contribution in [0.4, 0.5) is 29.3 Å². The maximum absolute atomic E-state index is 14.6. The number of aromatic nitrogens is 3. The molecule has 1 aromatic carbocycles. The minimum Gasteiger partial charge on any atom is -0.384 e. The average molecular weight is 363 g/mol. The molecular formula is C17H13F4N5. The molecule has 0 fully saturated rings. The van der Waals surface area contributed by atoms with Gasteiger partial charge in [0.1, 0.15) is 11.6 Å². The van der Waals surface area contributed by atoms with Crippen LogP contribution in [0.1, 0.15) is 11.3 Å². The molecule has 0 aliphatic heterocycles. The number of pyridine rings is 1. The number of nitrogens with two attached hydrogens (primary N) is 2. The molecule has 9 heteroatoms. The van der Waals surface area contributed by atoms with Crippen molar-refractivity contribution in [3.63, 3.8) is 0 Å². The molecule has 3 rings (SSSR count). The number of alkyl halides is 3. The van der Waals surface area contributed by atoms with E-state index in [-0.39, 0.29) is 23.0 Å². The first kappa shape index (κ1) is 17.6. The molecule has 0 bridgehead atoms. The highest BCUT2D eigenvalue weighted by molar-refractivity contribution is 5.83. The molecule has 3 aromatic rings. The molecule has 0 unspecified atom stereocenters. The Bertz CT molecular complexity index is 968. The number of rotatable bonds is 2. The number of halogens is 4. The monoisotopic (exact) mass is 363 g/mol. The number of nitrogens with zero attached hydrogens (tertiary/aromatic N) is 3. The number of aryl methyl sites for hydroxylation is 1. The smallest absolute Gasteiger partial charge is 0.384 e. The molecule has 2 aromatic heterocycles. The molecule has 0 aliphatic carbocycles. The van der Waals surface area contributed by atoms with Crippen LogP contribution in [0, 0.1) is 12.7 Å². The van der Waals surface area contributed by atoms with Crippen molar-refractivity contribution in [3.8, 4) is 22.4 Å². The van der Waals surface area contributed by atoms with Gasteiger partial charge in [-0.3, -0.25) is 0 Å². The Kier molecular flexibility index (Phi) is 4.23. The zero-order chi connectivity index (χ0) is 19.1. The largest absolute Gasteiger partial charge is 0.419 e. The zero-order valence-electron chi connectivity index (χ0n) is 13.5. The van der Waals surface area contributed by atoms with Crippen LogP contribution in [0.2, 0.25) is 0 Å². The second-order valence-corrected chi connectivity index (χ2v) is 5.53. The third kappa shape index (κ3) is 3.15. The summed E-state index contributed by atoms with van der Waals surface area (Å²) in [6, 6.07) is 6.09. The van der Waals surface area contributed by atoms with Gasteiger partial charge >= 0.3 is 6.18 Å². The Balaban J connectivity index is 2.31. The van der Waals surface area contributed by atoms with Gasteiger partial charge in [0, 0.05) is 22.9 Å². The van der Waals surface area contributed by atoms with Gasteiger partial charge in [-0.05, 0) is 31.2 Å². The van der Waals surface area contributed by atoms with Crippen molar-refractivity contribution in [2.45, 2.75) is 13.1 Å². The number of benzene rings is 1. The van der Waals surface area contributed by atoms with E-state index in [0.29, 0.717) is 22.9 Å². The molecule has 0 saturated carbocycles. The predicted molar refractivity (Wildman–Crippen MR) is 89.2 cm³/mol. The lowest BCUT2D eigenvalue weighted by atomic mass is 9.97. The van der Waals surface area contributed by atoms with Crippen molar-refractivity contribution < 1.29 is 17.6 Å². The van der Waals surface area contributed by atoms with Gasteiger partial charge in [0.05, 0.1) is 17.0 Å². The van der Waals surface area contributed by atoms with Crippen LogP contribution in [0.15, 0.2) is 36.5 Å². The first-order valence-electron chi connectivity index (χ1n) is 7.40. The van der Waals surface area contributed by atoms with E-state index in [2.05, 4.69) is 15.0 Å². The summed E-state index contributed by atoms with van der Waals surface area (Å²) in [6.45, 7) is 1.60. The molecular weight excluding hydrogens is 350 g/mol. The molecule has 0 atom stereocenters. The highest BCUT2D eigenvalue weighted by Gasteiger charge is 2.35. The molecule has 0 spiro atoms. The minimum atomic E-state index is -4.84. The van der Waals surface area contributed by atoms with Crippen LogP contribution in [0.5, 0.6) is 0 Å². The Morgan fingerprint density at radius 1 is 1.00 bits per heavy atom. The molecule has 4 N–H and O–H groups in total. The van der Waals surface area contributed by atoms with E-state index in [0.717, 1.165) is 6.07 Å². The van der Waals surface area contributed by atoms with Gasteiger partial charge in [0.15, 0.2) is 0 Å². The third-order valence-corrected chi connectivity index (χ3v) is 3.74. The summed E-state index contributed by atoms with van der Waals surface area (Å²) in [4.78, 5) is 12.0. The van der Waals surface area contributed by atoms with E-state index in [9.17, 15) is 17.6 Å². The zero-order valence-corrected chi connectivity index (χ0v) is 13.5. The summed E-state index contributed by atoms with van der Waals surface area (Å²) in [5, 5.41) is 0. The van der Waals surface area contributed by atoms with Gasteiger partial charge in [-0.25, -0.2) is 19.3 Å². The lowest BCUT2D eigenvalue weighted by Gasteiger charge is -2.15. The van der Waals surface area contributed by atoms with Gasteiger partial charge in [-0.1, -0.05) is 6.07 Å². The van der Waals surface area contributed by atoms with E-state index >= 15 is 0 Å². The second kappa shape index (κ2) is 6.25. The molecule has 0 saturated heterocycles. The normalized spacial score (nSPS) is 11.6. The van der Waals surface area contributed by atoms with Crippen molar-refractivity contribution in [2.24, 2.45) is 0 Å². The van der Waals surface area contributed by atoms with Crippen molar-refractivity contribution in [1.29, 1.82) is 0 Å². The van der Waals surface area contributed by atoms with E-state index in [1.165, 1.54) is 18.3 Å². The van der Waals surface area contributed by atoms with Gasteiger partial charge in [-0.15, -0.1) is 0 Å². The van der Waals surface area contributed by atoms with Crippen LogP contribution >= 0.6 is 0 Å². The van der Waals surface area contributed by atoms with Crippen molar-refractivity contribution in [1.82, 2.24) is 15.0 Å². The molecule has 0 amide bonds. The van der Waals surface area contributed by atoms with Crippen LogP contribution in [0.25, 0.3) is 22.4 Å². The van der Waals surface area contributed by atoms with Crippen molar-refractivity contribution >= 4 is 11.8 Å². The summed E-state index contributed by atoms with van der Waals surface area (Å²) in [5.74, 6) is -1.35. The fraction of sp³-hybridized carbons (Fsp3) is 0.118. The highest BCUT2D eigenvalue weighted by atomic mass is 19.4. The Hall–Kier alpha value is -3.23. The molecule has 2 heterocycles.